The summed E-state index contributed by atoms with van der Waals surface area (Å²) in [4.78, 5) is 40.1. The van der Waals surface area contributed by atoms with Gasteiger partial charge in [-0.15, -0.1) is 0 Å². The first-order valence-corrected chi connectivity index (χ1v) is 12.2. The van der Waals surface area contributed by atoms with E-state index in [1.165, 1.54) is 4.90 Å². The largest absolute Gasteiger partial charge is 0.431 e. The Morgan fingerprint density at radius 3 is 2.70 bits per heavy atom. The molecular weight excluding hydrogens is 444 g/mol. The van der Waals surface area contributed by atoms with Gasteiger partial charge in [0.25, 0.3) is 11.1 Å². The fourth-order valence-corrected chi connectivity index (χ4v) is 5.42. The van der Waals surface area contributed by atoms with E-state index in [2.05, 4.69) is 15.2 Å². The molecule has 1 N–H and O–H groups in total. The van der Waals surface area contributed by atoms with Crippen molar-refractivity contribution in [2.24, 2.45) is 4.99 Å². The van der Waals surface area contributed by atoms with Crippen molar-refractivity contribution in [3.05, 3.63) is 24.3 Å². The second-order valence-electron chi connectivity index (χ2n) is 8.70. The lowest BCUT2D eigenvalue weighted by Gasteiger charge is -2.41. The third-order valence-corrected chi connectivity index (χ3v) is 7.00. The quantitative estimate of drug-likeness (QED) is 0.520. The Balaban J connectivity index is 1.30. The number of amides is 3. The molecule has 33 heavy (non-hydrogen) atoms. The molecule has 2 aromatic rings. The van der Waals surface area contributed by atoms with Crippen LogP contribution in [0.3, 0.4) is 0 Å². The number of carbonyl (C=O) groups excluding carboxylic acids is 2. The molecule has 2 fully saturated rings. The molecule has 0 spiro atoms. The maximum Gasteiger partial charge on any atom is 0.325 e. The van der Waals surface area contributed by atoms with Crippen LogP contribution in [0.4, 0.5) is 4.79 Å². The maximum atomic E-state index is 12.8. The minimum atomic E-state index is -0.537. The van der Waals surface area contributed by atoms with Crippen LogP contribution >= 0.6 is 11.8 Å². The zero-order chi connectivity index (χ0) is 23.1. The van der Waals surface area contributed by atoms with Crippen molar-refractivity contribution < 1.29 is 18.7 Å². The number of hydrogen-bond donors (Lipinski definition) is 1. The standard InChI is InChI=1S/C22H28N6O4S/c1-13-11-27(12-14(2)31-13)20-24-18-17(19(29)25-21(30)26(18)3)28(20)9-6-10-33-22-23-15-7-4-5-8-16(15)32-22/h4-5,7-8,13-14,17-18H,6,9-12H2,1-3H3,(H,25,29,30). The number of imide groups is 1. The number of rotatable bonds is 5. The lowest BCUT2D eigenvalue weighted by Crippen LogP contribution is -2.64. The number of oxazole rings is 1. The van der Waals surface area contributed by atoms with Crippen LogP contribution in [-0.2, 0) is 9.53 Å². The Hall–Kier alpha value is -2.79. The zero-order valence-electron chi connectivity index (χ0n) is 18.9. The first kappa shape index (κ1) is 22.0. The van der Waals surface area contributed by atoms with Gasteiger partial charge in [-0.25, -0.2) is 14.8 Å². The fourth-order valence-electron chi connectivity index (χ4n) is 4.66. The van der Waals surface area contributed by atoms with Crippen LogP contribution < -0.4 is 5.32 Å². The van der Waals surface area contributed by atoms with Gasteiger partial charge in [0.15, 0.2) is 23.8 Å². The molecule has 1 aromatic heterocycles. The number of hydrogen-bond acceptors (Lipinski definition) is 9. The van der Waals surface area contributed by atoms with E-state index in [4.69, 9.17) is 14.1 Å². The van der Waals surface area contributed by atoms with Crippen molar-refractivity contribution in [2.75, 3.05) is 32.4 Å². The van der Waals surface area contributed by atoms with Gasteiger partial charge in [-0.05, 0) is 32.4 Å². The number of nitrogens with zero attached hydrogens (tertiary/aromatic N) is 5. The van der Waals surface area contributed by atoms with E-state index in [0.29, 0.717) is 24.9 Å². The molecule has 3 aliphatic rings. The highest BCUT2D eigenvalue weighted by Gasteiger charge is 2.50. The van der Waals surface area contributed by atoms with Crippen molar-refractivity contribution in [1.82, 2.24) is 25.0 Å². The van der Waals surface area contributed by atoms with Gasteiger partial charge in [-0.1, -0.05) is 23.9 Å². The normalized spacial score (nSPS) is 27.7. The Labute approximate surface area is 196 Å². The Morgan fingerprint density at radius 1 is 1.18 bits per heavy atom. The number of carbonyl (C=O) groups is 2. The number of benzene rings is 1. The molecule has 0 radical (unpaired) electrons. The lowest BCUT2D eigenvalue weighted by atomic mass is 10.1. The number of morpholine rings is 1. The number of nitrogens with one attached hydrogen (secondary N) is 1. The summed E-state index contributed by atoms with van der Waals surface area (Å²) in [6.07, 6.45) is 0.388. The van der Waals surface area contributed by atoms with Gasteiger partial charge in [0.2, 0.25) is 0 Å². The highest BCUT2D eigenvalue weighted by Crippen LogP contribution is 2.28. The molecule has 0 aliphatic carbocycles. The van der Waals surface area contributed by atoms with Gasteiger partial charge >= 0.3 is 6.03 Å². The van der Waals surface area contributed by atoms with E-state index in [0.717, 1.165) is 29.2 Å². The summed E-state index contributed by atoms with van der Waals surface area (Å²) in [5.74, 6) is 1.23. The van der Waals surface area contributed by atoms with Gasteiger partial charge in [0.05, 0.1) is 12.2 Å². The molecule has 0 saturated carbocycles. The van der Waals surface area contributed by atoms with E-state index in [-0.39, 0.29) is 18.1 Å². The number of urea groups is 1. The summed E-state index contributed by atoms with van der Waals surface area (Å²) in [5.41, 5.74) is 1.62. The number of likely N-dealkylation sites (N-methyl/N-ethyl adjacent to an activating group) is 1. The summed E-state index contributed by atoms with van der Waals surface area (Å²) < 4.78 is 11.7. The number of aromatic nitrogens is 1. The molecule has 176 valence electrons. The van der Waals surface area contributed by atoms with Crippen molar-refractivity contribution in [3.63, 3.8) is 0 Å². The topological polar surface area (TPSA) is 104 Å². The second-order valence-corrected chi connectivity index (χ2v) is 9.74. The monoisotopic (exact) mass is 472 g/mol. The van der Waals surface area contributed by atoms with Gasteiger partial charge in [-0.3, -0.25) is 10.1 Å². The van der Waals surface area contributed by atoms with E-state index in [9.17, 15) is 9.59 Å². The third kappa shape index (κ3) is 4.26. The van der Waals surface area contributed by atoms with Crippen molar-refractivity contribution in [3.8, 4) is 0 Å². The number of fused-ring (bicyclic) bond motifs is 2. The molecule has 2 saturated heterocycles. The van der Waals surface area contributed by atoms with Crippen molar-refractivity contribution >= 4 is 40.8 Å². The lowest BCUT2D eigenvalue weighted by molar-refractivity contribution is -0.127. The van der Waals surface area contributed by atoms with E-state index < -0.39 is 18.2 Å². The SMILES string of the molecule is CC1CN(C2=NC3C(C(=O)NC(=O)N3C)N2CCCSc2nc3ccccc3o2)CC(C)O1. The number of para-hydroxylation sites is 2. The highest BCUT2D eigenvalue weighted by atomic mass is 32.2. The van der Waals surface area contributed by atoms with Crippen LogP contribution in [-0.4, -0.2) is 94.4 Å². The van der Waals surface area contributed by atoms with Crippen LogP contribution in [0.5, 0.6) is 0 Å². The molecule has 5 rings (SSSR count). The second kappa shape index (κ2) is 8.86. The molecule has 4 atom stereocenters. The van der Waals surface area contributed by atoms with E-state index in [1.54, 1.807) is 18.8 Å². The molecule has 10 nitrogen and oxygen atoms in total. The third-order valence-electron chi connectivity index (χ3n) is 6.08. The number of thioether (sulfide) groups is 1. The van der Waals surface area contributed by atoms with Gasteiger partial charge in [-0.2, -0.15) is 0 Å². The molecule has 3 amide bonds. The molecule has 1 aromatic carbocycles. The molecule has 4 unspecified atom stereocenters. The molecule has 11 heteroatoms. The van der Waals surface area contributed by atoms with E-state index in [1.807, 2.05) is 43.0 Å². The first-order chi connectivity index (χ1) is 15.9. The van der Waals surface area contributed by atoms with Crippen LogP contribution in [0.2, 0.25) is 0 Å². The molecular formula is C22H28N6O4S. The number of aliphatic imine (C=N–C) groups is 1. The first-order valence-electron chi connectivity index (χ1n) is 11.2. The summed E-state index contributed by atoms with van der Waals surface area (Å²) in [6.45, 7) is 6.08. The summed E-state index contributed by atoms with van der Waals surface area (Å²) in [7, 11) is 1.68. The van der Waals surface area contributed by atoms with Crippen LogP contribution in [0.25, 0.3) is 11.1 Å². The number of guanidine groups is 1. The summed E-state index contributed by atoms with van der Waals surface area (Å²) >= 11 is 1.56. The Kier molecular flexibility index (Phi) is 5.92. The molecule has 3 aliphatic heterocycles. The van der Waals surface area contributed by atoms with Gasteiger partial charge in [0, 0.05) is 32.4 Å². The van der Waals surface area contributed by atoms with Crippen molar-refractivity contribution in [1.29, 1.82) is 0 Å². The average molecular weight is 473 g/mol. The number of ether oxygens (including phenoxy) is 1. The summed E-state index contributed by atoms with van der Waals surface area (Å²) in [6, 6.07) is 6.75. The minimum absolute atomic E-state index is 0.0591. The van der Waals surface area contributed by atoms with Crippen LogP contribution in [0, 0.1) is 0 Å². The predicted octanol–water partition coefficient (Wildman–Crippen LogP) is 1.97. The fraction of sp³-hybridized carbons (Fsp3) is 0.545. The molecule has 4 heterocycles. The minimum Gasteiger partial charge on any atom is -0.431 e. The smallest absolute Gasteiger partial charge is 0.325 e. The Morgan fingerprint density at radius 2 is 1.94 bits per heavy atom. The van der Waals surface area contributed by atoms with Gasteiger partial charge < -0.3 is 23.9 Å². The maximum absolute atomic E-state index is 12.8. The van der Waals surface area contributed by atoms with Crippen LogP contribution in [0.1, 0.15) is 20.3 Å². The van der Waals surface area contributed by atoms with Crippen LogP contribution in [0.15, 0.2) is 38.9 Å². The van der Waals surface area contributed by atoms with E-state index >= 15 is 0 Å². The average Bonchev–Trinajstić information content (AvgIpc) is 3.36. The van der Waals surface area contributed by atoms with Crippen molar-refractivity contribution in [2.45, 2.75) is 49.9 Å². The van der Waals surface area contributed by atoms with Gasteiger partial charge in [0.1, 0.15) is 5.52 Å². The predicted molar refractivity (Wildman–Crippen MR) is 124 cm³/mol. The summed E-state index contributed by atoms with van der Waals surface area (Å²) in [5, 5.41) is 3.10. The highest BCUT2D eigenvalue weighted by molar-refractivity contribution is 7.99. The molecule has 0 bridgehead atoms. The zero-order valence-corrected chi connectivity index (χ0v) is 19.7. The Bertz CT molecular complexity index is 1050.